The highest BCUT2D eigenvalue weighted by atomic mass is 79.9. The third-order valence-corrected chi connectivity index (χ3v) is 6.62. The number of aliphatic carboxylic acids is 1. The fourth-order valence-electron chi connectivity index (χ4n) is 3.37. The maximum atomic E-state index is 10.7. The molecule has 32 heavy (non-hydrogen) atoms. The zero-order valence-electron chi connectivity index (χ0n) is 18.3. The molecule has 0 spiro atoms. The molecule has 0 aliphatic heterocycles. The molecule has 0 atom stereocenters. The number of thioether (sulfide) groups is 1. The number of carboxylic acid groups (broad SMARTS) is 1. The summed E-state index contributed by atoms with van der Waals surface area (Å²) in [7, 11) is 0. The Morgan fingerprint density at radius 2 is 1.59 bits per heavy atom. The van der Waals surface area contributed by atoms with Gasteiger partial charge in [-0.15, -0.1) is 11.8 Å². The summed E-state index contributed by atoms with van der Waals surface area (Å²) in [6.07, 6.45) is 4.31. The Morgan fingerprint density at radius 3 is 2.12 bits per heavy atom. The van der Waals surface area contributed by atoms with E-state index in [2.05, 4.69) is 84.4 Å². The predicted octanol–water partition coefficient (Wildman–Crippen LogP) is 7.26. The van der Waals surface area contributed by atoms with Gasteiger partial charge in [-0.2, -0.15) is 0 Å². The second-order valence-electron chi connectivity index (χ2n) is 7.31. The second-order valence-corrected chi connectivity index (χ2v) is 9.26. The number of hydrogen-bond acceptors (Lipinski definition) is 3. The first-order valence-corrected chi connectivity index (χ1v) is 12.4. The van der Waals surface area contributed by atoms with Crippen molar-refractivity contribution in [3.05, 3.63) is 99.5 Å². The molecule has 0 saturated carbocycles. The van der Waals surface area contributed by atoms with E-state index in [0.717, 1.165) is 28.0 Å². The van der Waals surface area contributed by atoms with Gasteiger partial charge < -0.3 is 9.84 Å². The summed E-state index contributed by atoms with van der Waals surface area (Å²) in [6.45, 7) is 4.00. The zero-order chi connectivity index (χ0) is 22.9. The van der Waals surface area contributed by atoms with Crippen molar-refractivity contribution in [2.75, 3.05) is 12.4 Å². The first-order chi connectivity index (χ1) is 15.5. The molecule has 0 unspecified atom stereocenters. The minimum Gasteiger partial charge on any atom is -0.481 e. The standard InChI is InChI=1S/C27H27BrO3S/c1-3-19-7-5-9-21(15-19)24(22-10-6-8-20(4-2)16-22)13-14-32-23-11-12-26(25(28)17-23)31-18-27(29)30/h5-13,15-17H,3-4,14,18H2,1-2H3,(H,29,30). The Kier molecular flexibility index (Phi) is 9.00. The molecule has 5 heteroatoms. The summed E-state index contributed by atoms with van der Waals surface area (Å²) in [4.78, 5) is 11.8. The van der Waals surface area contributed by atoms with Crippen molar-refractivity contribution >= 4 is 39.2 Å². The fourth-order valence-corrected chi connectivity index (χ4v) is 4.82. The summed E-state index contributed by atoms with van der Waals surface area (Å²) < 4.78 is 6.04. The summed E-state index contributed by atoms with van der Waals surface area (Å²) in [5.41, 5.74) is 6.36. The van der Waals surface area contributed by atoms with Crippen LogP contribution in [0.1, 0.15) is 36.1 Å². The first-order valence-electron chi connectivity index (χ1n) is 10.7. The Hall–Kier alpha value is -2.50. The van der Waals surface area contributed by atoms with Crippen molar-refractivity contribution in [2.45, 2.75) is 31.6 Å². The molecule has 0 heterocycles. The molecule has 166 valence electrons. The fraction of sp³-hybridized carbons (Fsp3) is 0.222. The normalized spacial score (nSPS) is 10.6. The van der Waals surface area contributed by atoms with Crippen molar-refractivity contribution in [3.63, 3.8) is 0 Å². The summed E-state index contributed by atoms with van der Waals surface area (Å²) >= 11 is 5.20. The van der Waals surface area contributed by atoms with Gasteiger partial charge in [0.25, 0.3) is 0 Å². The van der Waals surface area contributed by atoms with Crippen LogP contribution >= 0.6 is 27.7 Å². The average Bonchev–Trinajstić information content (AvgIpc) is 2.81. The molecular formula is C27H27BrO3S. The van der Waals surface area contributed by atoms with Crippen molar-refractivity contribution < 1.29 is 14.6 Å². The molecule has 0 radical (unpaired) electrons. The minimum absolute atomic E-state index is 0.356. The van der Waals surface area contributed by atoms with E-state index in [0.29, 0.717) is 5.75 Å². The van der Waals surface area contributed by atoms with Crippen LogP contribution in [0, 0.1) is 0 Å². The van der Waals surface area contributed by atoms with Gasteiger partial charge in [0.15, 0.2) is 6.61 Å². The second kappa shape index (κ2) is 11.9. The average molecular weight is 511 g/mol. The molecule has 0 amide bonds. The third-order valence-electron chi connectivity index (χ3n) is 5.08. The van der Waals surface area contributed by atoms with Gasteiger partial charge in [0.2, 0.25) is 0 Å². The lowest BCUT2D eigenvalue weighted by molar-refractivity contribution is -0.139. The molecule has 3 aromatic rings. The number of hydrogen-bond donors (Lipinski definition) is 1. The van der Waals surface area contributed by atoms with E-state index >= 15 is 0 Å². The molecule has 3 rings (SSSR count). The third kappa shape index (κ3) is 6.75. The van der Waals surface area contributed by atoms with Crippen molar-refractivity contribution in [1.29, 1.82) is 0 Å². The largest absolute Gasteiger partial charge is 0.481 e. The van der Waals surface area contributed by atoms with Crippen LogP contribution in [0.4, 0.5) is 0 Å². The summed E-state index contributed by atoms with van der Waals surface area (Å²) in [5, 5.41) is 8.79. The zero-order valence-corrected chi connectivity index (χ0v) is 20.7. The van der Waals surface area contributed by atoms with Crippen LogP contribution in [0.5, 0.6) is 5.75 Å². The van der Waals surface area contributed by atoms with E-state index in [-0.39, 0.29) is 6.61 Å². The highest BCUT2D eigenvalue weighted by Gasteiger charge is 2.08. The number of halogens is 1. The lowest BCUT2D eigenvalue weighted by Gasteiger charge is -2.12. The molecule has 3 nitrogen and oxygen atoms in total. The number of ether oxygens (including phenoxy) is 1. The smallest absolute Gasteiger partial charge is 0.341 e. The molecule has 0 aliphatic rings. The minimum atomic E-state index is -0.993. The van der Waals surface area contributed by atoms with Crippen LogP contribution < -0.4 is 4.74 Å². The maximum absolute atomic E-state index is 10.7. The number of benzene rings is 3. The van der Waals surface area contributed by atoms with Gasteiger partial charge in [-0.1, -0.05) is 68.5 Å². The molecule has 0 saturated heterocycles. The highest BCUT2D eigenvalue weighted by Crippen LogP contribution is 2.32. The summed E-state index contributed by atoms with van der Waals surface area (Å²) in [6, 6.07) is 23.2. The topological polar surface area (TPSA) is 46.5 Å². The van der Waals surface area contributed by atoms with Gasteiger partial charge in [-0.05, 0) is 74.8 Å². The highest BCUT2D eigenvalue weighted by molar-refractivity contribution is 9.10. The first kappa shape index (κ1) is 24.1. The Labute approximate surface area is 202 Å². The van der Waals surface area contributed by atoms with Gasteiger partial charge in [0, 0.05) is 10.6 Å². The Bertz CT molecular complexity index is 1060. The van der Waals surface area contributed by atoms with Crippen LogP contribution in [0.25, 0.3) is 5.57 Å². The SMILES string of the molecule is CCc1cccc(C(=CCSc2ccc(OCC(=O)O)c(Br)c2)c2cccc(CC)c2)c1. The van der Waals surface area contributed by atoms with Crippen LogP contribution in [0.2, 0.25) is 0 Å². The molecule has 1 N–H and O–H groups in total. The van der Waals surface area contributed by atoms with Gasteiger partial charge >= 0.3 is 5.97 Å². The van der Waals surface area contributed by atoms with Gasteiger partial charge in [-0.25, -0.2) is 4.79 Å². The van der Waals surface area contributed by atoms with Crippen LogP contribution in [0.3, 0.4) is 0 Å². The van der Waals surface area contributed by atoms with Crippen LogP contribution in [-0.4, -0.2) is 23.4 Å². The van der Waals surface area contributed by atoms with Gasteiger partial charge in [0.05, 0.1) is 4.47 Å². The molecular weight excluding hydrogens is 484 g/mol. The van der Waals surface area contributed by atoms with E-state index in [9.17, 15) is 4.79 Å². The van der Waals surface area contributed by atoms with Gasteiger partial charge in [0.1, 0.15) is 5.75 Å². The Morgan fingerprint density at radius 1 is 0.969 bits per heavy atom. The lowest BCUT2D eigenvalue weighted by atomic mass is 9.94. The molecule has 0 fully saturated rings. The van der Waals surface area contributed by atoms with E-state index in [1.165, 1.54) is 27.8 Å². The number of rotatable bonds is 10. The van der Waals surface area contributed by atoms with E-state index in [1.807, 2.05) is 12.1 Å². The van der Waals surface area contributed by atoms with E-state index in [4.69, 9.17) is 9.84 Å². The summed E-state index contributed by atoms with van der Waals surface area (Å²) in [5.74, 6) is 0.345. The maximum Gasteiger partial charge on any atom is 0.341 e. The lowest BCUT2D eigenvalue weighted by Crippen LogP contribution is -2.09. The predicted molar refractivity (Wildman–Crippen MR) is 137 cm³/mol. The van der Waals surface area contributed by atoms with Crippen LogP contribution in [0.15, 0.2) is 82.2 Å². The monoisotopic (exact) mass is 510 g/mol. The molecule has 0 aromatic heterocycles. The Balaban J connectivity index is 1.83. The molecule has 0 bridgehead atoms. The quantitative estimate of drug-likeness (QED) is 0.291. The number of carboxylic acids is 1. The van der Waals surface area contributed by atoms with Gasteiger partial charge in [-0.3, -0.25) is 0 Å². The number of carbonyl (C=O) groups is 1. The van der Waals surface area contributed by atoms with Crippen molar-refractivity contribution in [2.24, 2.45) is 0 Å². The van der Waals surface area contributed by atoms with E-state index in [1.54, 1.807) is 17.8 Å². The van der Waals surface area contributed by atoms with E-state index < -0.39 is 5.97 Å². The van der Waals surface area contributed by atoms with Crippen molar-refractivity contribution in [1.82, 2.24) is 0 Å². The molecule has 0 aliphatic carbocycles. The van der Waals surface area contributed by atoms with Crippen molar-refractivity contribution in [3.8, 4) is 5.75 Å². The molecule has 3 aromatic carbocycles. The number of aryl methyl sites for hydroxylation is 2. The van der Waals surface area contributed by atoms with Crippen LogP contribution in [-0.2, 0) is 17.6 Å².